The Labute approximate surface area is 96.9 Å². The van der Waals surface area contributed by atoms with Gasteiger partial charge in [-0.05, 0) is 11.6 Å². The zero-order valence-corrected chi connectivity index (χ0v) is 9.75. The number of carboxylic acids is 1. The highest BCUT2D eigenvalue weighted by Crippen LogP contribution is 2.15. The number of halogens is 1. The van der Waals surface area contributed by atoms with Crippen molar-refractivity contribution in [2.45, 2.75) is 6.54 Å². The van der Waals surface area contributed by atoms with E-state index >= 15 is 0 Å². The van der Waals surface area contributed by atoms with E-state index in [2.05, 4.69) is 27.8 Å². The van der Waals surface area contributed by atoms with Crippen molar-refractivity contribution in [2.24, 2.45) is 0 Å². The largest absolute Gasteiger partial charge is 0.478 e. The number of rotatable bonds is 5. The summed E-state index contributed by atoms with van der Waals surface area (Å²) in [5, 5.41) is 11.6. The summed E-state index contributed by atoms with van der Waals surface area (Å²) in [6.07, 6.45) is 0. The van der Waals surface area contributed by atoms with E-state index in [0.717, 1.165) is 10.0 Å². The van der Waals surface area contributed by atoms with E-state index in [0.29, 0.717) is 6.54 Å². The van der Waals surface area contributed by atoms with Gasteiger partial charge in [-0.2, -0.15) is 0 Å². The summed E-state index contributed by atoms with van der Waals surface area (Å²) in [6, 6.07) is 7.79. The Bertz CT molecular complexity index is 377. The van der Waals surface area contributed by atoms with Crippen molar-refractivity contribution in [1.82, 2.24) is 5.32 Å². The van der Waals surface area contributed by atoms with Gasteiger partial charge >= 0.3 is 5.97 Å². The zero-order chi connectivity index (χ0) is 11.3. The lowest BCUT2D eigenvalue weighted by Gasteiger charge is -2.06. The Balaban J connectivity index is 2.42. The number of hydrogen-bond acceptors (Lipinski definition) is 2. The van der Waals surface area contributed by atoms with Crippen LogP contribution >= 0.6 is 15.9 Å². The number of benzene rings is 1. The molecule has 0 aliphatic heterocycles. The fourth-order valence-electron chi connectivity index (χ4n) is 1.07. The van der Waals surface area contributed by atoms with Crippen LogP contribution in [-0.4, -0.2) is 17.6 Å². The molecule has 0 aliphatic rings. The minimum atomic E-state index is -0.963. The van der Waals surface area contributed by atoms with Crippen LogP contribution in [0.3, 0.4) is 0 Å². The molecule has 0 fully saturated rings. The van der Waals surface area contributed by atoms with Gasteiger partial charge in [-0.25, -0.2) is 4.79 Å². The molecular formula is C11H12BrNO2. The van der Waals surface area contributed by atoms with Crippen LogP contribution in [-0.2, 0) is 11.3 Å². The van der Waals surface area contributed by atoms with Crippen LogP contribution < -0.4 is 5.32 Å². The van der Waals surface area contributed by atoms with E-state index in [1.807, 2.05) is 24.3 Å². The Kier molecular flexibility index (Phi) is 4.52. The van der Waals surface area contributed by atoms with Crippen LogP contribution in [0.4, 0.5) is 0 Å². The zero-order valence-electron chi connectivity index (χ0n) is 8.16. The fraction of sp³-hybridized carbons (Fsp3) is 0.182. The molecule has 1 aromatic rings. The van der Waals surface area contributed by atoms with Crippen molar-refractivity contribution in [1.29, 1.82) is 0 Å². The minimum Gasteiger partial charge on any atom is -0.478 e. The lowest BCUT2D eigenvalue weighted by atomic mass is 10.2. The van der Waals surface area contributed by atoms with Gasteiger partial charge in [-0.15, -0.1) is 0 Å². The lowest BCUT2D eigenvalue weighted by Crippen LogP contribution is -2.20. The van der Waals surface area contributed by atoms with Crippen LogP contribution in [0, 0.1) is 0 Å². The molecule has 2 N–H and O–H groups in total. The Morgan fingerprint density at radius 2 is 2.13 bits per heavy atom. The van der Waals surface area contributed by atoms with Gasteiger partial charge < -0.3 is 10.4 Å². The maximum atomic E-state index is 10.5. The summed E-state index contributed by atoms with van der Waals surface area (Å²) in [7, 11) is 0. The molecule has 0 radical (unpaired) electrons. The van der Waals surface area contributed by atoms with Crippen molar-refractivity contribution in [3.05, 3.63) is 46.5 Å². The molecule has 0 spiro atoms. The highest BCUT2D eigenvalue weighted by molar-refractivity contribution is 9.10. The van der Waals surface area contributed by atoms with Gasteiger partial charge in [0, 0.05) is 23.1 Å². The second-order valence-corrected chi connectivity index (χ2v) is 3.96. The minimum absolute atomic E-state index is 0.169. The standard InChI is InChI=1S/C11H12BrNO2/c1-8(11(14)15)6-13-7-9-4-2-3-5-10(9)12/h2-5,13H,1,6-7H2,(H,14,15). The van der Waals surface area contributed by atoms with Gasteiger partial charge in [-0.3, -0.25) is 0 Å². The van der Waals surface area contributed by atoms with Crippen LogP contribution in [0.25, 0.3) is 0 Å². The first kappa shape index (κ1) is 11.9. The van der Waals surface area contributed by atoms with E-state index in [1.165, 1.54) is 0 Å². The van der Waals surface area contributed by atoms with Crippen LogP contribution in [0.1, 0.15) is 5.56 Å². The maximum absolute atomic E-state index is 10.5. The molecule has 0 amide bonds. The summed E-state index contributed by atoms with van der Waals surface area (Å²) >= 11 is 3.41. The smallest absolute Gasteiger partial charge is 0.332 e. The molecule has 0 saturated heterocycles. The van der Waals surface area contributed by atoms with Crippen molar-refractivity contribution >= 4 is 21.9 Å². The number of carboxylic acid groups (broad SMARTS) is 1. The average molecular weight is 270 g/mol. The van der Waals surface area contributed by atoms with Crippen molar-refractivity contribution < 1.29 is 9.90 Å². The summed E-state index contributed by atoms with van der Waals surface area (Å²) in [6.45, 7) is 4.34. The molecule has 0 bridgehead atoms. The first-order chi connectivity index (χ1) is 7.11. The number of carbonyl (C=O) groups is 1. The summed E-state index contributed by atoms with van der Waals surface area (Å²) in [4.78, 5) is 10.5. The quantitative estimate of drug-likeness (QED) is 0.806. The van der Waals surface area contributed by atoms with E-state index in [-0.39, 0.29) is 12.1 Å². The van der Waals surface area contributed by atoms with Gasteiger partial charge in [0.1, 0.15) is 0 Å². The first-order valence-corrected chi connectivity index (χ1v) is 5.25. The van der Waals surface area contributed by atoms with E-state index in [1.54, 1.807) is 0 Å². The molecule has 0 aromatic heterocycles. The second-order valence-electron chi connectivity index (χ2n) is 3.10. The average Bonchev–Trinajstić information content (AvgIpc) is 2.20. The third-order valence-corrected chi connectivity index (χ3v) is 2.69. The molecule has 0 saturated carbocycles. The highest BCUT2D eigenvalue weighted by Gasteiger charge is 2.03. The number of nitrogens with one attached hydrogen (secondary N) is 1. The van der Waals surface area contributed by atoms with Crippen LogP contribution in [0.15, 0.2) is 40.9 Å². The summed E-state index contributed by atoms with van der Waals surface area (Å²) in [5.41, 5.74) is 1.26. The second kappa shape index (κ2) is 5.68. The first-order valence-electron chi connectivity index (χ1n) is 4.46. The van der Waals surface area contributed by atoms with Crippen molar-refractivity contribution in [3.63, 3.8) is 0 Å². The van der Waals surface area contributed by atoms with Gasteiger partial charge in [0.2, 0.25) is 0 Å². The van der Waals surface area contributed by atoms with Gasteiger partial charge in [0.15, 0.2) is 0 Å². The predicted octanol–water partition coefficient (Wildman–Crippen LogP) is 2.18. The highest BCUT2D eigenvalue weighted by atomic mass is 79.9. The van der Waals surface area contributed by atoms with E-state index in [4.69, 9.17) is 5.11 Å². The molecule has 15 heavy (non-hydrogen) atoms. The molecule has 0 aliphatic carbocycles. The lowest BCUT2D eigenvalue weighted by molar-refractivity contribution is -0.132. The Morgan fingerprint density at radius 3 is 2.73 bits per heavy atom. The van der Waals surface area contributed by atoms with Crippen LogP contribution in [0.2, 0.25) is 0 Å². The third-order valence-electron chi connectivity index (χ3n) is 1.91. The molecule has 3 nitrogen and oxygen atoms in total. The fourth-order valence-corrected chi connectivity index (χ4v) is 1.49. The third kappa shape index (κ3) is 3.85. The van der Waals surface area contributed by atoms with Crippen molar-refractivity contribution in [2.75, 3.05) is 6.54 Å². The maximum Gasteiger partial charge on any atom is 0.332 e. The molecule has 80 valence electrons. The molecule has 1 rings (SSSR count). The normalized spacial score (nSPS) is 9.93. The van der Waals surface area contributed by atoms with Gasteiger partial charge in [0.25, 0.3) is 0 Å². The Morgan fingerprint density at radius 1 is 1.47 bits per heavy atom. The SMILES string of the molecule is C=C(CNCc1ccccc1Br)C(=O)O. The summed E-state index contributed by atoms with van der Waals surface area (Å²) < 4.78 is 1.01. The number of aliphatic carboxylic acids is 1. The molecule has 4 heteroatoms. The summed E-state index contributed by atoms with van der Waals surface area (Å²) in [5.74, 6) is -0.963. The molecular weight excluding hydrogens is 258 g/mol. The van der Waals surface area contributed by atoms with E-state index < -0.39 is 5.97 Å². The predicted molar refractivity (Wildman–Crippen MR) is 62.6 cm³/mol. The molecule has 1 aromatic carbocycles. The van der Waals surface area contributed by atoms with Crippen molar-refractivity contribution in [3.8, 4) is 0 Å². The molecule has 0 atom stereocenters. The van der Waals surface area contributed by atoms with Gasteiger partial charge in [-0.1, -0.05) is 40.7 Å². The monoisotopic (exact) mass is 269 g/mol. The Hall–Kier alpha value is -1.13. The van der Waals surface area contributed by atoms with E-state index in [9.17, 15) is 4.79 Å². The van der Waals surface area contributed by atoms with Crippen LogP contribution in [0.5, 0.6) is 0 Å². The topological polar surface area (TPSA) is 49.3 Å². The molecule has 0 unspecified atom stereocenters. The van der Waals surface area contributed by atoms with Gasteiger partial charge in [0.05, 0.1) is 0 Å². The molecule has 0 heterocycles. The number of hydrogen-bond donors (Lipinski definition) is 2.